The van der Waals surface area contributed by atoms with Crippen LogP contribution in [0.4, 0.5) is 0 Å². The van der Waals surface area contributed by atoms with Crippen molar-refractivity contribution in [3.63, 3.8) is 0 Å². The molecular formula is C15H27N3. The van der Waals surface area contributed by atoms with E-state index < -0.39 is 0 Å². The van der Waals surface area contributed by atoms with Gasteiger partial charge in [0.15, 0.2) is 0 Å². The highest BCUT2D eigenvalue weighted by molar-refractivity contribution is 5.10. The van der Waals surface area contributed by atoms with E-state index in [4.69, 9.17) is 0 Å². The fraction of sp³-hybridized carbons (Fsp3) is 0.800. The monoisotopic (exact) mass is 249 g/mol. The molecular weight excluding hydrogens is 222 g/mol. The van der Waals surface area contributed by atoms with Crippen LogP contribution in [0.3, 0.4) is 0 Å². The molecule has 0 radical (unpaired) electrons. The Balaban J connectivity index is 1.98. The molecule has 3 nitrogen and oxygen atoms in total. The van der Waals surface area contributed by atoms with Gasteiger partial charge in [-0.15, -0.1) is 0 Å². The van der Waals surface area contributed by atoms with Gasteiger partial charge in [0.2, 0.25) is 0 Å². The summed E-state index contributed by atoms with van der Waals surface area (Å²) in [5.41, 5.74) is 1.36. The number of aromatic nitrogens is 2. The first kappa shape index (κ1) is 13.6. The van der Waals surface area contributed by atoms with E-state index in [0.29, 0.717) is 12.1 Å². The average Bonchev–Trinajstić information content (AvgIpc) is 2.90. The molecule has 0 bridgehead atoms. The smallest absolute Gasteiger partial charge is 0.0537 e. The normalized spacial score (nSPS) is 19.0. The van der Waals surface area contributed by atoms with E-state index in [1.165, 1.54) is 44.1 Å². The number of hydrogen-bond donors (Lipinski definition) is 1. The molecule has 0 spiro atoms. The van der Waals surface area contributed by atoms with Crippen LogP contribution in [-0.2, 0) is 0 Å². The Bertz CT molecular complexity index is 339. The summed E-state index contributed by atoms with van der Waals surface area (Å²) >= 11 is 0. The number of rotatable bonds is 6. The van der Waals surface area contributed by atoms with Crippen LogP contribution in [0.5, 0.6) is 0 Å². The van der Waals surface area contributed by atoms with Crippen LogP contribution in [-0.4, -0.2) is 16.3 Å². The Kier molecular flexibility index (Phi) is 5.24. The summed E-state index contributed by atoms with van der Waals surface area (Å²) in [5, 5.41) is 8.19. The zero-order chi connectivity index (χ0) is 12.8. The van der Waals surface area contributed by atoms with E-state index in [2.05, 4.69) is 41.3 Å². The minimum atomic E-state index is 0.474. The summed E-state index contributed by atoms with van der Waals surface area (Å²) in [4.78, 5) is 0. The number of nitrogens with zero attached hydrogens (tertiary/aromatic N) is 2. The molecule has 1 aliphatic rings. The second-order valence-corrected chi connectivity index (χ2v) is 5.46. The van der Waals surface area contributed by atoms with Gasteiger partial charge in [0.25, 0.3) is 0 Å². The molecule has 0 amide bonds. The molecule has 1 aromatic rings. The maximum absolute atomic E-state index is 4.59. The summed E-state index contributed by atoms with van der Waals surface area (Å²) in [7, 11) is 0. The molecule has 1 unspecified atom stereocenters. The van der Waals surface area contributed by atoms with Crippen molar-refractivity contribution in [1.82, 2.24) is 15.1 Å². The van der Waals surface area contributed by atoms with Crippen LogP contribution < -0.4 is 5.32 Å². The number of nitrogens with one attached hydrogen (secondary N) is 1. The highest BCUT2D eigenvalue weighted by atomic mass is 15.3. The summed E-state index contributed by atoms with van der Waals surface area (Å²) in [5.74, 6) is 0. The van der Waals surface area contributed by atoms with Crippen LogP contribution in [0.25, 0.3) is 0 Å². The van der Waals surface area contributed by atoms with Crippen LogP contribution in [0.2, 0.25) is 0 Å². The van der Waals surface area contributed by atoms with Gasteiger partial charge in [-0.1, -0.05) is 33.1 Å². The predicted octanol–water partition coefficient (Wildman–Crippen LogP) is 3.84. The van der Waals surface area contributed by atoms with Crippen molar-refractivity contribution in [3.8, 4) is 0 Å². The maximum Gasteiger partial charge on any atom is 0.0537 e. The molecule has 1 N–H and O–H groups in total. The molecule has 18 heavy (non-hydrogen) atoms. The van der Waals surface area contributed by atoms with Crippen LogP contribution in [0.1, 0.15) is 76.4 Å². The zero-order valence-electron chi connectivity index (χ0n) is 11.9. The average molecular weight is 249 g/mol. The molecule has 1 heterocycles. The van der Waals surface area contributed by atoms with Crippen LogP contribution >= 0.6 is 0 Å². The summed E-state index contributed by atoms with van der Waals surface area (Å²) < 4.78 is 2.21. The lowest BCUT2D eigenvalue weighted by Gasteiger charge is -2.22. The lowest BCUT2D eigenvalue weighted by atomic mass is 9.96. The third-order valence-corrected chi connectivity index (χ3v) is 4.02. The highest BCUT2D eigenvalue weighted by Gasteiger charge is 2.17. The Morgan fingerprint density at radius 1 is 1.33 bits per heavy atom. The third-order valence-electron chi connectivity index (χ3n) is 4.02. The quantitative estimate of drug-likeness (QED) is 0.830. The van der Waals surface area contributed by atoms with Gasteiger partial charge in [-0.3, -0.25) is 4.68 Å². The molecule has 0 aromatic carbocycles. The fourth-order valence-corrected chi connectivity index (χ4v) is 2.89. The first-order valence-electron chi connectivity index (χ1n) is 7.62. The molecule has 3 heteroatoms. The summed E-state index contributed by atoms with van der Waals surface area (Å²) in [6, 6.07) is 1.12. The molecule has 0 saturated heterocycles. The Morgan fingerprint density at radius 2 is 2.11 bits per heavy atom. The predicted molar refractivity (Wildman–Crippen MR) is 75.7 cm³/mol. The van der Waals surface area contributed by atoms with Gasteiger partial charge >= 0.3 is 0 Å². The second kappa shape index (κ2) is 6.93. The SMILES string of the molecule is CCCNC(CC)c1cnn(C2CCCCC2)c1. The number of hydrogen-bond acceptors (Lipinski definition) is 2. The van der Waals surface area contributed by atoms with Crippen molar-refractivity contribution in [1.29, 1.82) is 0 Å². The van der Waals surface area contributed by atoms with Gasteiger partial charge in [-0.2, -0.15) is 5.10 Å². The molecule has 1 fully saturated rings. The topological polar surface area (TPSA) is 29.9 Å². The van der Waals surface area contributed by atoms with Gasteiger partial charge < -0.3 is 5.32 Å². The highest BCUT2D eigenvalue weighted by Crippen LogP contribution is 2.28. The molecule has 0 aliphatic heterocycles. The van der Waals surface area contributed by atoms with E-state index in [1.807, 2.05) is 0 Å². The molecule has 1 saturated carbocycles. The summed E-state index contributed by atoms with van der Waals surface area (Å²) in [6.45, 7) is 5.55. The Morgan fingerprint density at radius 3 is 2.78 bits per heavy atom. The van der Waals surface area contributed by atoms with Crippen molar-refractivity contribution in [2.75, 3.05) is 6.54 Å². The van der Waals surface area contributed by atoms with Gasteiger partial charge in [0.1, 0.15) is 0 Å². The van der Waals surface area contributed by atoms with Crippen molar-refractivity contribution in [2.24, 2.45) is 0 Å². The summed E-state index contributed by atoms with van der Waals surface area (Å²) in [6.07, 6.45) is 13.4. The van der Waals surface area contributed by atoms with E-state index in [1.54, 1.807) is 0 Å². The van der Waals surface area contributed by atoms with Crippen molar-refractivity contribution < 1.29 is 0 Å². The molecule has 1 aliphatic carbocycles. The maximum atomic E-state index is 4.59. The molecule has 1 aromatic heterocycles. The van der Waals surface area contributed by atoms with E-state index in [-0.39, 0.29) is 0 Å². The lowest BCUT2D eigenvalue weighted by Crippen LogP contribution is -2.21. The Hall–Kier alpha value is -0.830. The molecule has 1 atom stereocenters. The minimum Gasteiger partial charge on any atom is -0.310 e. The van der Waals surface area contributed by atoms with Gasteiger partial charge in [0, 0.05) is 17.8 Å². The fourth-order valence-electron chi connectivity index (χ4n) is 2.89. The Labute approximate surface area is 111 Å². The lowest BCUT2D eigenvalue weighted by molar-refractivity contribution is 0.329. The molecule has 102 valence electrons. The van der Waals surface area contributed by atoms with E-state index in [9.17, 15) is 0 Å². The van der Waals surface area contributed by atoms with Crippen molar-refractivity contribution >= 4 is 0 Å². The third kappa shape index (κ3) is 3.35. The van der Waals surface area contributed by atoms with Crippen LogP contribution in [0.15, 0.2) is 12.4 Å². The van der Waals surface area contributed by atoms with Crippen molar-refractivity contribution in [2.45, 2.75) is 70.9 Å². The van der Waals surface area contributed by atoms with Gasteiger partial charge in [-0.25, -0.2) is 0 Å². The zero-order valence-corrected chi connectivity index (χ0v) is 11.9. The van der Waals surface area contributed by atoms with Gasteiger partial charge in [-0.05, 0) is 32.2 Å². The van der Waals surface area contributed by atoms with Gasteiger partial charge in [0.05, 0.1) is 12.2 Å². The van der Waals surface area contributed by atoms with E-state index >= 15 is 0 Å². The van der Waals surface area contributed by atoms with Crippen LogP contribution in [0, 0.1) is 0 Å². The standard InChI is InChI=1S/C15H27N3/c1-3-10-16-15(4-2)13-11-17-18(12-13)14-8-6-5-7-9-14/h11-12,14-16H,3-10H2,1-2H3. The first-order valence-corrected chi connectivity index (χ1v) is 7.62. The van der Waals surface area contributed by atoms with E-state index in [0.717, 1.165) is 13.0 Å². The second-order valence-electron chi connectivity index (χ2n) is 5.46. The molecule has 2 rings (SSSR count). The largest absolute Gasteiger partial charge is 0.310 e. The minimum absolute atomic E-state index is 0.474. The van der Waals surface area contributed by atoms with Crippen molar-refractivity contribution in [3.05, 3.63) is 18.0 Å². The first-order chi connectivity index (χ1) is 8.85.